The molecule has 0 spiro atoms. The van der Waals surface area contributed by atoms with E-state index < -0.39 is 6.04 Å². The first-order valence-corrected chi connectivity index (χ1v) is 5.84. The zero-order valence-electron chi connectivity index (χ0n) is 9.98. The van der Waals surface area contributed by atoms with E-state index in [2.05, 4.69) is 6.07 Å². The molecule has 0 radical (unpaired) electrons. The molecular formula is C15H10N2O2. The number of hydrogen-bond donors (Lipinski definition) is 0. The number of rotatable bonds is 1. The fraction of sp³-hybridized carbons (Fsp3) is 0.0667. The molecule has 4 heteroatoms. The van der Waals surface area contributed by atoms with E-state index in [1.807, 2.05) is 30.3 Å². The fourth-order valence-electron chi connectivity index (χ4n) is 2.15. The van der Waals surface area contributed by atoms with Crippen LogP contribution in [-0.4, -0.2) is 10.8 Å². The molecule has 0 saturated heterocycles. The first-order valence-electron chi connectivity index (χ1n) is 5.84. The van der Waals surface area contributed by atoms with E-state index in [9.17, 15) is 10.1 Å². The lowest BCUT2D eigenvalue weighted by Gasteiger charge is -2.27. The minimum absolute atomic E-state index is 0.226. The van der Waals surface area contributed by atoms with Crippen molar-refractivity contribution < 1.29 is 9.21 Å². The number of hydrogen-bond acceptors (Lipinski definition) is 3. The third-order valence-electron chi connectivity index (χ3n) is 3.07. The summed E-state index contributed by atoms with van der Waals surface area (Å²) >= 11 is 0. The molecule has 2 aromatic rings. The maximum Gasteiger partial charge on any atom is 0.294 e. The summed E-state index contributed by atoms with van der Waals surface area (Å²) in [6.07, 6.45) is 4.89. The van der Waals surface area contributed by atoms with Gasteiger partial charge in [0.25, 0.3) is 5.91 Å². The van der Waals surface area contributed by atoms with Crippen molar-refractivity contribution in [2.24, 2.45) is 0 Å². The maximum atomic E-state index is 12.3. The summed E-state index contributed by atoms with van der Waals surface area (Å²) in [7, 11) is 0. The van der Waals surface area contributed by atoms with E-state index in [-0.39, 0.29) is 11.7 Å². The van der Waals surface area contributed by atoms with Crippen LogP contribution in [0.4, 0.5) is 0 Å². The minimum atomic E-state index is -0.626. The number of benzene rings is 1. The Morgan fingerprint density at radius 1 is 1.26 bits per heavy atom. The second-order valence-corrected chi connectivity index (χ2v) is 4.17. The van der Waals surface area contributed by atoms with Gasteiger partial charge in [0, 0.05) is 6.20 Å². The fourth-order valence-corrected chi connectivity index (χ4v) is 2.15. The molecular weight excluding hydrogens is 240 g/mol. The van der Waals surface area contributed by atoms with Crippen molar-refractivity contribution in [1.29, 1.82) is 5.26 Å². The lowest BCUT2D eigenvalue weighted by atomic mass is 9.97. The van der Waals surface area contributed by atoms with Gasteiger partial charge >= 0.3 is 0 Å². The van der Waals surface area contributed by atoms with Gasteiger partial charge < -0.3 is 4.42 Å². The zero-order chi connectivity index (χ0) is 13.2. The van der Waals surface area contributed by atoms with E-state index >= 15 is 0 Å². The van der Waals surface area contributed by atoms with Crippen LogP contribution in [0.2, 0.25) is 0 Å². The van der Waals surface area contributed by atoms with Crippen molar-refractivity contribution in [2.75, 3.05) is 0 Å². The Bertz CT molecular complexity index is 680. The van der Waals surface area contributed by atoms with Crippen molar-refractivity contribution in [1.82, 2.24) is 4.90 Å². The molecule has 3 rings (SSSR count). The maximum absolute atomic E-state index is 12.3. The highest BCUT2D eigenvalue weighted by Crippen LogP contribution is 2.30. The van der Waals surface area contributed by atoms with Gasteiger partial charge in [-0.05, 0) is 29.3 Å². The molecule has 1 unspecified atom stereocenters. The summed E-state index contributed by atoms with van der Waals surface area (Å²) in [6, 6.07) is 12.3. The Kier molecular flexibility index (Phi) is 2.66. The Morgan fingerprint density at radius 2 is 2.11 bits per heavy atom. The molecule has 0 saturated carbocycles. The second kappa shape index (κ2) is 4.46. The van der Waals surface area contributed by atoms with Crippen LogP contribution >= 0.6 is 0 Å². The van der Waals surface area contributed by atoms with Gasteiger partial charge in [-0.1, -0.05) is 24.3 Å². The smallest absolute Gasteiger partial charge is 0.294 e. The minimum Gasteiger partial charge on any atom is -0.459 e. The average Bonchev–Trinajstić information content (AvgIpc) is 2.99. The summed E-state index contributed by atoms with van der Waals surface area (Å²) in [5, 5.41) is 9.35. The van der Waals surface area contributed by atoms with Crippen molar-refractivity contribution in [3.8, 4) is 6.07 Å². The summed E-state index contributed by atoms with van der Waals surface area (Å²) in [5.41, 5.74) is 1.78. The molecule has 0 bridgehead atoms. The number of amides is 1. The van der Waals surface area contributed by atoms with Crippen LogP contribution in [0.1, 0.15) is 27.7 Å². The first kappa shape index (κ1) is 11.3. The van der Waals surface area contributed by atoms with E-state index in [0.717, 1.165) is 11.1 Å². The monoisotopic (exact) mass is 250 g/mol. The quantitative estimate of drug-likeness (QED) is 0.781. The van der Waals surface area contributed by atoms with E-state index in [1.54, 1.807) is 18.3 Å². The van der Waals surface area contributed by atoms with E-state index in [4.69, 9.17) is 4.42 Å². The van der Waals surface area contributed by atoms with Gasteiger partial charge in [0.2, 0.25) is 0 Å². The molecule has 1 aliphatic heterocycles. The Morgan fingerprint density at radius 3 is 2.84 bits per heavy atom. The predicted molar refractivity (Wildman–Crippen MR) is 68.7 cm³/mol. The molecule has 0 fully saturated rings. The summed E-state index contributed by atoms with van der Waals surface area (Å²) < 4.78 is 5.09. The van der Waals surface area contributed by atoms with Crippen molar-refractivity contribution in [2.45, 2.75) is 6.04 Å². The van der Waals surface area contributed by atoms with Crippen molar-refractivity contribution in [3.63, 3.8) is 0 Å². The largest absolute Gasteiger partial charge is 0.459 e. The topological polar surface area (TPSA) is 57.2 Å². The molecule has 2 heterocycles. The lowest BCUT2D eigenvalue weighted by Crippen LogP contribution is -2.31. The van der Waals surface area contributed by atoms with Crippen molar-refractivity contribution >= 4 is 12.0 Å². The highest BCUT2D eigenvalue weighted by atomic mass is 16.3. The third-order valence-corrected chi connectivity index (χ3v) is 3.07. The average molecular weight is 250 g/mol. The number of nitrogens with zero attached hydrogens (tertiary/aromatic N) is 2. The van der Waals surface area contributed by atoms with Crippen LogP contribution in [0.5, 0.6) is 0 Å². The highest BCUT2D eigenvalue weighted by molar-refractivity contribution is 5.93. The molecule has 0 N–H and O–H groups in total. The molecule has 92 valence electrons. The molecule has 19 heavy (non-hydrogen) atoms. The Hall–Kier alpha value is -2.80. The summed E-state index contributed by atoms with van der Waals surface area (Å²) in [5.74, 6) is -0.0911. The molecule has 1 amide bonds. The van der Waals surface area contributed by atoms with Crippen molar-refractivity contribution in [3.05, 3.63) is 65.7 Å². The van der Waals surface area contributed by atoms with Gasteiger partial charge in [0.15, 0.2) is 5.76 Å². The zero-order valence-corrected chi connectivity index (χ0v) is 9.98. The summed E-state index contributed by atoms with van der Waals surface area (Å²) in [6.45, 7) is 0. The molecule has 1 aliphatic rings. The number of furan rings is 1. The van der Waals surface area contributed by atoms with Gasteiger partial charge in [0.05, 0.1) is 12.3 Å². The van der Waals surface area contributed by atoms with Crippen LogP contribution in [0.25, 0.3) is 6.08 Å². The van der Waals surface area contributed by atoms with Gasteiger partial charge in [0.1, 0.15) is 6.04 Å². The Labute approximate surface area is 110 Å². The van der Waals surface area contributed by atoms with Crippen LogP contribution in [0.15, 0.2) is 53.3 Å². The normalized spacial score (nSPS) is 16.8. The second-order valence-electron chi connectivity index (χ2n) is 4.17. The highest BCUT2D eigenvalue weighted by Gasteiger charge is 2.29. The predicted octanol–water partition coefficient (Wildman–Crippen LogP) is 2.97. The number of nitriles is 1. The first-order chi connectivity index (χ1) is 9.31. The SMILES string of the molecule is N#CC1c2ccccc2C=CN1C(=O)c1ccco1. The van der Waals surface area contributed by atoms with Gasteiger partial charge in [-0.3, -0.25) is 9.69 Å². The summed E-state index contributed by atoms with van der Waals surface area (Å²) in [4.78, 5) is 13.7. The number of carbonyl (C=O) groups is 1. The lowest BCUT2D eigenvalue weighted by molar-refractivity contribution is 0.0763. The molecule has 1 atom stereocenters. The van der Waals surface area contributed by atoms with Gasteiger partial charge in [-0.2, -0.15) is 5.26 Å². The van der Waals surface area contributed by atoms with Crippen LogP contribution in [0, 0.1) is 11.3 Å². The molecule has 1 aromatic carbocycles. The number of fused-ring (bicyclic) bond motifs is 1. The van der Waals surface area contributed by atoms with E-state index in [1.165, 1.54) is 11.2 Å². The number of carbonyl (C=O) groups excluding carboxylic acids is 1. The third kappa shape index (κ3) is 1.81. The van der Waals surface area contributed by atoms with Gasteiger partial charge in [-0.15, -0.1) is 0 Å². The molecule has 1 aromatic heterocycles. The van der Waals surface area contributed by atoms with Crippen LogP contribution in [0.3, 0.4) is 0 Å². The standard InChI is InChI=1S/C15H10N2O2/c16-10-13-12-5-2-1-4-11(12)7-8-17(13)15(18)14-6-3-9-19-14/h1-9,13H. The van der Waals surface area contributed by atoms with E-state index in [0.29, 0.717) is 0 Å². The van der Waals surface area contributed by atoms with Gasteiger partial charge in [-0.25, -0.2) is 0 Å². The molecule has 4 nitrogen and oxygen atoms in total. The van der Waals surface area contributed by atoms with Crippen LogP contribution in [-0.2, 0) is 0 Å². The van der Waals surface area contributed by atoms with Crippen LogP contribution < -0.4 is 0 Å². The molecule has 0 aliphatic carbocycles. The Balaban J connectivity index is 2.02.